The molecule has 0 atom stereocenters. The second-order valence-electron chi connectivity index (χ2n) is 11.1. The molecule has 0 spiro atoms. The maximum Gasteiger partial charge on any atom is 0.235 e. The van der Waals surface area contributed by atoms with Crippen molar-refractivity contribution < 1.29 is 13.2 Å². The highest BCUT2D eigenvalue weighted by Gasteiger charge is 2.29. The molecule has 2 saturated carbocycles. The summed E-state index contributed by atoms with van der Waals surface area (Å²) in [4.78, 5) is 13.8. The Bertz CT molecular complexity index is 1650. The van der Waals surface area contributed by atoms with Crippen LogP contribution in [-0.4, -0.2) is 40.7 Å². The van der Waals surface area contributed by atoms with Crippen LogP contribution in [0.2, 0.25) is 0 Å². The van der Waals surface area contributed by atoms with Crippen molar-refractivity contribution in [1.82, 2.24) is 15.0 Å². The van der Waals surface area contributed by atoms with Gasteiger partial charge < -0.3 is 15.8 Å². The highest BCUT2D eigenvalue weighted by molar-refractivity contribution is 7.93. The molecule has 2 aromatic carbocycles. The fraction of sp³-hybridized carbons (Fsp3) is 0.387. The number of nitrogens with two attached hydrogens (primary N) is 1. The second kappa shape index (κ2) is 11.6. The summed E-state index contributed by atoms with van der Waals surface area (Å²) in [6.45, 7) is 1.92. The van der Waals surface area contributed by atoms with Gasteiger partial charge in [-0.05, 0) is 75.3 Å². The highest BCUT2D eigenvalue weighted by Crippen LogP contribution is 2.40. The number of aromatic nitrogens is 3. The molecule has 2 fully saturated rings. The van der Waals surface area contributed by atoms with Crippen molar-refractivity contribution in [3.63, 3.8) is 0 Å². The smallest absolute Gasteiger partial charge is 0.235 e. The molecule has 4 N–H and O–H groups in total. The molecule has 0 amide bonds. The SMILES string of the molecule is Cc1cc(NS(=O)(=O)C2CCCC2)c2ccccc2c1Oc1ncccc1-c1ccnc(NC2CCC(N)CC2)n1. The Morgan fingerprint density at radius 2 is 1.66 bits per heavy atom. The van der Waals surface area contributed by atoms with Gasteiger partial charge >= 0.3 is 0 Å². The first kappa shape index (κ1) is 27.4. The zero-order chi connectivity index (χ0) is 28.4. The first-order chi connectivity index (χ1) is 19.9. The number of ether oxygens (including phenoxy) is 1. The van der Waals surface area contributed by atoms with Gasteiger partial charge in [0.1, 0.15) is 5.75 Å². The lowest BCUT2D eigenvalue weighted by Crippen LogP contribution is -2.33. The van der Waals surface area contributed by atoms with Gasteiger partial charge in [-0.15, -0.1) is 0 Å². The lowest BCUT2D eigenvalue weighted by Gasteiger charge is -2.26. The van der Waals surface area contributed by atoms with Crippen molar-refractivity contribution in [2.24, 2.45) is 5.73 Å². The molecule has 0 unspecified atom stereocenters. The third-order valence-electron chi connectivity index (χ3n) is 8.18. The zero-order valence-corrected chi connectivity index (χ0v) is 24.0. The number of hydrogen-bond acceptors (Lipinski definition) is 8. The Balaban J connectivity index is 1.31. The lowest BCUT2D eigenvalue weighted by atomic mass is 9.92. The van der Waals surface area contributed by atoms with Crippen LogP contribution >= 0.6 is 0 Å². The highest BCUT2D eigenvalue weighted by atomic mass is 32.2. The van der Waals surface area contributed by atoms with Gasteiger partial charge in [-0.3, -0.25) is 4.72 Å². The molecule has 4 aromatic rings. The van der Waals surface area contributed by atoms with Crippen molar-refractivity contribution in [3.8, 4) is 22.9 Å². The van der Waals surface area contributed by atoms with Gasteiger partial charge in [0, 0.05) is 35.2 Å². The van der Waals surface area contributed by atoms with Crippen molar-refractivity contribution in [2.45, 2.75) is 75.6 Å². The number of nitrogens with zero attached hydrogens (tertiary/aromatic N) is 3. The molecule has 6 rings (SSSR count). The van der Waals surface area contributed by atoms with Crippen molar-refractivity contribution >= 4 is 32.4 Å². The predicted octanol–water partition coefficient (Wildman–Crippen LogP) is 6.16. The topological polar surface area (TPSA) is 132 Å². The average Bonchev–Trinajstić information content (AvgIpc) is 3.53. The van der Waals surface area contributed by atoms with Gasteiger partial charge in [0.25, 0.3) is 0 Å². The molecular formula is C31H36N6O3S. The number of fused-ring (bicyclic) bond motifs is 1. The standard InChI is InChI=1S/C31H36N6O3S/c1-20-19-28(37-41(38,39)23-7-2-3-8-23)24-9-4-5-10-25(24)29(20)40-30-26(11-6-17-33-30)27-16-18-34-31(36-27)35-22-14-12-21(32)13-15-22/h4-6,9-11,16-19,21-23,37H,2-3,7-8,12-15,32H2,1H3,(H,34,35,36). The Morgan fingerprint density at radius 3 is 2.44 bits per heavy atom. The maximum absolute atomic E-state index is 13.1. The van der Waals surface area contributed by atoms with Crippen LogP contribution in [0.15, 0.2) is 60.9 Å². The minimum Gasteiger partial charge on any atom is -0.437 e. The molecule has 41 heavy (non-hydrogen) atoms. The minimum atomic E-state index is -3.48. The number of nitrogens with one attached hydrogen (secondary N) is 2. The number of anilines is 2. The van der Waals surface area contributed by atoms with Gasteiger partial charge in [0.15, 0.2) is 0 Å². The summed E-state index contributed by atoms with van der Waals surface area (Å²) in [5, 5.41) is 4.68. The molecule has 0 aliphatic heterocycles. The lowest BCUT2D eigenvalue weighted by molar-refractivity contribution is 0.410. The van der Waals surface area contributed by atoms with E-state index in [1.54, 1.807) is 12.4 Å². The van der Waals surface area contributed by atoms with Crippen molar-refractivity contribution in [1.29, 1.82) is 0 Å². The summed E-state index contributed by atoms with van der Waals surface area (Å²) in [5.41, 5.74) is 8.86. The molecule has 2 aliphatic carbocycles. The van der Waals surface area contributed by atoms with E-state index in [1.807, 2.05) is 55.5 Å². The number of benzene rings is 2. The molecule has 2 heterocycles. The van der Waals surface area contributed by atoms with Crippen LogP contribution < -0.4 is 20.5 Å². The number of sulfonamides is 1. The number of pyridine rings is 1. The molecule has 2 aliphatic rings. The molecule has 0 saturated heterocycles. The van der Waals surface area contributed by atoms with E-state index in [1.165, 1.54) is 0 Å². The first-order valence-corrected chi connectivity index (χ1v) is 15.9. The summed E-state index contributed by atoms with van der Waals surface area (Å²) in [6.07, 6.45) is 10.7. The van der Waals surface area contributed by atoms with Crippen LogP contribution in [0.1, 0.15) is 56.9 Å². The van der Waals surface area contributed by atoms with Gasteiger partial charge in [0.05, 0.1) is 22.2 Å². The van der Waals surface area contributed by atoms with Crippen LogP contribution in [0.5, 0.6) is 11.6 Å². The van der Waals surface area contributed by atoms with Crippen molar-refractivity contribution in [2.75, 3.05) is 10.0 Å². The summed E-state index contributed by atoms with van der Waals surface area (Å²) in [6, 6.07) is 15.7. The Kier molecular flexibility index (Phi) is 7.77. The molecule has 0 bridgehead atoms. The summed E-state index contributed by atoms with van der Waals surface area (Å²) in [5.74, 6) is 1.60. The molecule has 214 valence electrons. The first-order valence-electron chi connectivity index (χ1n) is 14.4. The van der Waals surface area contributed by atoms with E-state index in [0.29, 0.717) is 47.8 Å². The van der Waals surface area contributed by atoms with E-state index in [-0.39, 0.29) is 11.3 Å². The zero-order valence-electron chi connectivity index (χ0n) is 23.2. The summed E-state index contributed by atoms with van der Waals surface area (Å²) >= 11 is 0. The second-order valence-corrected chi connectivity index (χ2v) is 13.1. The fourth-order valence-corrected chi connectivity index (χ4v) is 7.53. The van der Waals surface area contributed by atoms with Crippen LogP contribution in [0, 0.1) is 6.92 Å². The van der Waals surface area contributed by atoms with Crippen LogP contribution in [0.4, 0.5) is 11.6 Å². The molecule has 2 aromatic heterocycles. The minimum absolute atomic E-state index is 0.275. The number of aryl methyl sites for hydroxylation is 1. The summed E-state index contributed by atoms with van der Waals surface area (Å²) in [7, 11) is -3.48. The average molecular weight is 573 g/mol. The van der Waals surface area contributed by atoms with E-state index >= 15 is 0 Å². The number of hydrogen-bond donors (Lipinski definition) is 3. The van der Waals surface area contributed by atoms with Crippen molar-refractivity contribution in [3.05, 3.63) is 66.5 Å². The van der Waals surface area contributed by atoms with Crippen LogP contribution in [0.3, 0.4) is 0 Å². The quantitative estimate of drug-likeness (QED) is 0.229. The maximum atomic E-state index is 13.1. The molecular weight excluding hydrogens is 536 g/mol. The third kappa shape index (κ3) is 5.99. The summed E-state index contributed by atoms with van der Waals surface area (Å²) < 4.78 is 35.7. The normalized spacial score (nSPS) is 19.8. The Labute approximate surface area is 241 Å². The largest absolute Gasteiger partial charge is 0.437 e. The monoisotopic (exact) mass is 572 g/mol. The fourth-order valence-electron chi connectivity index (χ4n) is 5.93. The van der Waals surface area contributed by atoms with Gasteiger partial charge in [-0.25, -0.2) is 23.4 Å². The Hall–Kier alpha value is -3.76. The molecule has 0 radical (unpaired) electrons. The third-order valence-corrected chi connectivity index (χ3v) is 10.0. The number of rotatable bonds is 8. The van der Waals surface area contributed by atoms with E-state index in [2.05, 4.69) is 20.0 Å². The van der Waals surface area contributed by atoms with Gasteiger partial charge in [-0.2, -0.15) is 0 Å². The van der Waals surface area contributed by atoms with E-state index in [0.717, 1.165) is 60.4 Å². The van der Waals surface area contributed by atoms with E-state index < -0.39 is 10.0 Å². The predicted molar refractivity (Wildman–Crippen MR) is 163 cm³/mol. The van der Waals surface area contributed by atoms with E-state index in [4.69, 9.17) is 15.5 Å². The van der Waals surface area contributed by atoms with Crippen LogP contribution in [-0.2, 0) is 10.0 Å². The van der Waals surface area contributed by atoms with Crippen LogP contribution in [0.25, 0.3) is 22.0 Å². The van der Waals surface area contributed by atoms with Gasteiger partial charge in [0.2, 0.25) is 21.9 Å². The molecule has 9 nitrogen and oxygen atoms in total. The molecule has 10 heteroatoms. The van der Waals surface area contributed by atoms with E-state index in [9.17, 15) is 8.42 Å². The van der Waals surface area contributed by atoms with Gasteiger partial charge in [-0.1, -0.05) is 37.1 Å². The Morgan fingerprint density at radius 1 is 0.902 bits per heavy atom.